The molecule has 1 aromatic carbocycles. The molecular weight excluding hydrogens is 348 g/mol. The number of hydrogen-bond donors (Lipinski definition) is 1. The lowest BCUT2D eigenvalue weighted by Crippen LogP contribution is -3.00. The highest BCUT2D eigenvalue weighted by Gasteiger charge is 2.18. The van der Waals surface area contributed by atoms with E-state index in [9.17, 15) is 4.79 Å². The molecule has 0 radical (unpaired) electrons. The fourth-order valence-corrected chi connectivity index (χ4v) is 3.79. The number of carbonyl (C=O) groups excluding carboxylic acids is 1. The van der Waals surface area contributed by atoms with E-state index in [1.165, 1.54) is 34.7 Å². The van der Waals surface area contributed by atoms with Gasteiger partial charge in [-0.2, -0.15) is 0 Å². The van der Waals surface area contributed by atoms with Crippen molar-refractivity contribution in [2.24, 2.45) is 0 Å². The summed E-state index contributed by atoms with van der Waals surface area (Å²) < 4.78 is 1.90. The number of rotatable bonds is 3. The van der Waals surface area contributed by atoms with Gasteiger partial charge in [0.25, 0.3) is 0 Å². The highest BCUT2D eigenvalue weighted by atomic mass is 79.9. The van der Waals surface area contributed by atoms with Gasteiger partial charge in [0, 0.05) is 16.1 Å². The summed E-state index contributed by atoms with van der Waals surface area (Å²) in [6.07, 6.45) is 4.45. The van der Waals surface area contributed by atoms with Gasteiger partial charge < -0.3 is 21.5 Å². The molecule has 1 aromatic heterocycles. The van der Waals surface area contributed by atoms with Crippen LogP contribution in [0, 0.1) is 12.3 Å². The summed E-state index contributed by atoms with van der Waals surface area (Å²) in [7, 11) is 0. The number of aromatic nitrogens is 1. The van der Waals surface area contributed by atoms with Gasteiger partial charge in [0.2, 0.25) is 0 Å². The van der Waals surface area contributed by atoms with E-state index in [1.54, 1.807) is 0 Å². The molecule has 0 amide bonds. The molecule has 1 heterocycles. The molecule has 3 nitrogen and oxygen atoms in total. The number of Topliss-reactive ketones (excluding diaryl/α,β-unsaturated/α-hetero) is 1. The van der Waals surface area contributed by atoms with Crippen LogP contribution in [-0.2, 0) is 19.4 Å². The average Bonchev–Trinajstić information content (AvgIpc) is 2.76. The van der Waals surface area contributed by atoms with Crippen molar-refractivity contribution in [2.45, 2.75) is 39.2 Å². The molecule has 1 aliphatic rings. The Morgan fingerprint density at radius 1 is 1.24 bits per heavy atom. The summed E-state index contributed by atoms with van der Waals surface area (Å²) >= 11 is 1.53. The normalized spacial score (nSPS) is 13.4. The fourth-order valence-electron chi connectivity index (χ4n) is 2.69. The Bertz CT molecular complexity index is 700. The molecule has 0 unspecified atom stereocenters. The SMILES string of the molecule is Cc1ccc(C(=O)Cn2c3c(sc2=N)CCCC3)cc1.[Br-]. The van der Waals surface area contributed by atoms with E-state index in [-0.39, 0.29) is 22.8 Å². The van der Waals surface area contributed by atoms with E-state index in [4.69, 9.17) is 5.41 Å². The average molecular weight is 366 g/mol. The Morgan fingerprint density at radius 2 is 1.90 bits per heavy atom. The van der Waals surface area contributed by atoms with Gasteiger partial charge >= 0.3 is 0 Å². The van der Waals surface area contributed by atoms with Gasteiger partial charge in [0.1, 0.15) is 0 Å². The van der Waals surface area contributed by atoms with E-state index in [0.29, 0.717) is 11.3 Å². The van der Waals surface area contributed by atoms with Crippen LogP contribution in [0.2, 0.25) is 0 Å². The summed E-state index contributed by atoms with van der Waals surface area (Å²) in [4.78, 5) is 14.2. The molecule has 0 spiro atoms. The van der Waals surface area contributed by atoms with Gasteiger partial charge in [-0.15, -0.1) is 11.3 Å². The zero-order valence-corrected chi connectivity index (χ0v) is 14.4. The number of fused-ring (bicyclic) bond motifs is 1. The first kappa shape index (κ1) is 16.2. The highest BCUT2D eigenvalue weighted by Crippen LogP contribution is 2.23. The number of benzene rings is 1. The van der Waals surface area contributed by atoms with Crippen LogP contribution in [0.3, 0.4) is 0 Å². The number of carbonyl (C=O) groups is 1. The number of nitrogens with one attached hydrogen (secondary N) is 1. The molecule has 112 valence electrons. The summed E-state index contributed by atoms with van der Waals surface area (Å²) in [5, 5.41) is 8.09. The van der Waals surface area contributed by atoms with Crippen LogP contribution >= 0.6 is 11.3 Å². The first-order valence-electron chi connectivity index (χ1n) is 7.01. The topological polar surface area (TPSA) is 45.9 Å². The van der Waals surface area contributed by atoms with Crippen molar-refractivity contribution >= 4 is 17.1 Å². The molecule has 0 atom stereocenters. The van der Waals surface area contributed by atoms with Gasteiger partial charge in [-0.1, -0.05) is 29.8 Å². The van der Waals surface area contributed by atoms with Crippen LogP contribution in [-0.4, -0.2) is 10.4 Å². The summed E-state index contributed by atoms with van der Waals surface area (Å²) in [5.74, 6) is 0.0923. The largest absolute Gasteiger partial charge is 1.00 e. The number of nitrogens with zero attached hydrogens (tertiary/aromatic N) is 1. The first-order valence-corrected chi connectivity index (χ1v) is 7.82. The van der Waals surface area contributed by atoms with Gasteiger partial charge in [-0.3, -0.25) is 10.2 Å². The molecule has 5 heteroatoms. The Hall–Kier alpha value is -1.20. The lowest BCUT2D eigenvalue weighted by Gasteiger charge is -2.14. The Kier molecular flexibility index (Phi) is 5.17. The van der Waals surface area contributed by atoms with Crippen molar-refractivity contribution in [1.29, 1.82) is 5.41 Å². The van der Waals surface area contributed by atoms with Crippen molar-refractivity contribution < 1.29 is 21.8 Å². The molecule has 0 saturated carbocycles. The molecule has 3 rings (SSSR count). The number of halogens is 1. The van der Waals surface area contributed by atoms with Crippen LogP contribution in [0.4, 0.5) is 0 Å². The minimum atomic E-state index is 0. The molecule has 0 saturated heterocycles. The zero-order valence-electron chi connectivity index (χ0n) is 12.0. The minimum absolute atomic E-state index is 0. The molecule has 0 aliphatic heterocycles. The van der Waals surface area contributed by atoms with E-state index in [0.717, 1.165) is 24.0 Å². The molecule has 1 N–H and O–H groups in total. The van der Waals surface area contributed by atoms with Gasteiger partial charge in [-0.25, -0.2) is 0 Å². The lowest BCUT2D eigenvalue weighted by molar-refractivity contribution is -0.0000123. The van der Waals surface area contributed by atoms with Gasteiger partial charge in [0.05, 0.1) is 6.54 Å². The predicted octanol–water partition coefficient (Wildman–Crippen LogP) is 0.103. The number of thiazole rings is 1. The smallest absolute Gasteiger partial charge is 0.182 e. The van der Waals surface area contributed by atoms with Crippen molar-refractivity contribution in [1.82, 2.24) is 4.57 Å². The minimum Gasteiger partial charge on any atom is -1.00 e. The maximum atomic E-state index is 12.4. The Balaban J connectivity index is 0.00000161. The van der Waals surface area contributed by atoms with Crippen LogP contribution in [0.15, 0.2) is 24.3 Å². The van der Waals surface area contributed by atoms with Crippen molar-refractivity contribution in [3.63, 3.8) is 0 Å². The number of aryl methyl sites for hydroxylation is 2. The lowest BCUT2D eigenvalue weighted by atomic mass is 10.0. The maximum absolute atomic E-state index is 12.4. The van der Waals surface area contributed by atoms with Gasteiger partial charge in [-0.05, 0) is 32.6 Å². The second kappa shape index (κ2) is 6.71. The third-order valence-corrected chi connectivity index (χ3v) is 4.96. The molecule has 0 bridgehead atoms. The van der Waals surface area contributed by atoms with E-state index in [2.05, 4.69) is 0 Å². The summed E-state index contributed by atoms with van der Waals surface area (Å²) in [5.41, 5.74) is 3.10. The highest BCUT2D eigenvalue weighted by molar-refractivity contribution is 7.09. The summed E-state index contributed by atoms with van der Waals surface area (Å²) in [6.45, 7) is 2.31. The monoisotopic (exact) mass is 365 g/mol. The van der Waals surface area contributed by atoms with Crippen LogP contribution in [0.25, 0.3) is 0 Å². The maximum Gasteiger partial charge on any atom is 0.182 e. The standard InChI is InChI=1S/C16H18N2OS.BrH/c1-11-6-8-12(9-7-11)14(19)10-18-13-4-2-3-5-15(13)20-16(18)17;/h6-9,17H,2-5,10H2,1H3;1H/p-1. The van der Waals surface area contributed by atoms with E-state index in [1.807, 2.05) is 35.8 Å². The quantitative estimate of drug-likeness (QED) is 0.770. The zero-order chi connectivity index (χ0) is 14.1. The second-order valence-corrected chi connectivity index (χ2v) is 6.44. The fraction of sp³-hybridized carbons (Fsp3) is 0.375. The van der Waals surface area contributed by atoms with Crippen molar-refractivity contribution in [3.05, 3.63) is 50.8 Å². The molecule has 1 aliphatic carbocycles. The third-order valence-electron chi connectivity index (χ3n) is 3.86. The molecule has 0 fully saturated rings. The van der Waals surface area contributed by atoms with E-state index >= 15 is 0 Å². The third kappa shape index (κ3) is 3.35. The molecular formula is C16H18BrN2OS-. The van der Waals surface area contributed by atoms with Crippen molar-refractivity contribution in [3.8, 4) is 0 Å². The number of ketones is 1. The van der Waals surface area contributed by atoms with Crippen molar-refractivity contribution in [2.75, 3.05) is 0 Å². The Labute approximate surface area is 138 Å². The molecule has 2 aromatic rings. The summed E-state index contributed by atoms with van der Waals surface area (Å²) in [6, 6.07) is 7.67. The molecule has 21 heavy (non-hydrogen) atoms. The van der Waals surface area contributed by atoms with Crippen LogP contribution in [0.5, 0.6) is 0 Å². The Morgan fingerprint density at radius 3 is 2.62 bits per heavy atom. The first-order chi connectivity index (χ1) is 9.65. The second-order valence-electron chi connectivity index (χ2n) is 5.36. The predicted molar refractivity (Wildman–Crippen MR) is 80.3 cm³/mol. The van der Waals surface area contributed by atoms with E-state index < -0.39 is 0 Å². The van der Waals surface area contributed by atoms with Gasteiger partial charge in [0.15, 0.2) is 10.6 Å². The number of hydrogen-bond acceptors (Lipinski definition) is 3. The van der Waals surface area contributed by atoms with Crippen LogP contribution in [0.1, 0.15) is 39.3 Å². The van der Waals surface area contributed by atoms with Crippen LogP contribution < -0.4 is 21.8 Å².